The van der Waals surface area contributed by atoms with Gasteiger partial charge in [0, 0.05) is 48.7 Å². The van der Waals surface area contributed by atoms with Gasteiger partial charge in [-0.3, -0.25) is 9.88 Å². The fourth-order valence-corrected chi connectivity index (χ4v) is 5.04. The molecule has 5 rings (SSSR count). The Morgan fingerprint density at radius 3 is 2.69 bits per heavy atom. The highest BCUT2D eigenvalue weighted by atomic mass is 16.5. The van der Waals surface area contributed by atoms with Crippen LogP contribution in [-0.2, 0) is 6.54 Å². The van der Waals surface area contributed by atoms with Crippen molar-refractivity contribution in [3.63, 3.8) is 0 Å². The fraction of sp³-hybridized carbons (Fsp3) is 0.300. The van der Waals surface area contributed by atoms with Crippen LogP contribution < -0.4 is 4.74 Å². The summed E-state index contributed by atoms with van der Waals surface area (Å²) in [7, 11) is 0. The number of aromatic hydroxyl groups is 1. The van der Waals surface area contributed by atoms with Crippen molar-refractivity contribution >= 4 is 0 Å². The SMILES string of the molecule is CCOc1cc(CN2CCCC(c3nc(-c4ccncc4)ncc3-c3ccccc3C)C2)ccc1O. The molecule has 1 fully saturated rings. The number of phenolic OH excluding ortho intramolecular Hbond substituents is 1. The second-order valence-electron chi connectivity index (χ2n) is 9.35. The average Bonchev–Trinajstić information content (AvgIpc) is 2.91. The van der Waals surface area contributed by atoms with Crippen molar-refractivity contribution in [3.05, 3.63) is 90.0 Å². The van der Waals surface area contributed by atoms with Gasteiger partial charge in [-0.2, -0.15) is 0 Å². The number of nitrogens with zero attached hydrogens (tertiary/aromatic N) is 4. The Kier molecular flexibility index (Phi) is 7.23. The van der Waals surface area contributed by atoms with Crippen LogP contribution in [0, 0.1) is 6.92 Å². The Morgan fingerprint density at radius 2 is 1.89 bits per heavy atom. The van der Waals surface area contributed by atoms with Crippen molar-refractivity contribution < 1.29 is 9.84 Å². The maximum atomic E-state index is 10.1. The summed E-state index contributed by atoms with van der Waals surface area (Å²) in [5, 5.41) is 10.1. The molecule has 1 aliphatic rings. The van der Waals surface area contributed by atoms with Crippen LogP contribution in [0.4, 0.5) is 0 Å². The van der Waals surface area contributed by atoms with E-state index in [2.05, 4.69) is 41.1 Å². The normalized spacial score (nSPS) is 16.1. The minimum absolute atomic E-state index is 0.185. The van der Waals surface area contributed by atoms with Crippen LogP contribution in [0.25, 0.3) is 22.5 Å². The van der Waals surface area contributed by atoms with Crippen LogP contribution in [0.15, 0.2) is 73.2 Å². The first-order valence-corrected chi connectivity index (χ1v) is 12.6. The summed E-state index contributed by atoms with van der Waals surface area (Å²) < 4.78 is 5.60. The molecule has 6 heteroatoms. The van der Waals surface area contributed by atoms with E-state index in [1.54, 1.807) is 18.5 Å². The summed E-state index contributed by atoms with van der Waals surface area (Å²) in [5.41, 5.74) is 6.74. The van der Waals surface area contributed by atoms with E-state index in [9.17, 15) is 5.11 Å². The first-order chi connectivity index (χ1) is 17.6. The number of aromatic nitrogens is 3. The third kappa shape index (κ3) is 5.24. The summed E-state index contributed by atoms with van der Waals surface area (Å²) in [4.78, 5) is 16.5. The molecule has 184 valence electrons. The van der Waals surface area contributed by atoms with E-state index in [1.165, 1.54) is 11.1 Å². The van der Waals surface area contributed by atoms with Gasteiger partial charge in [-0.05, 0) is 74.2 Å². The van der Waals surface area contributed by atoms with Crippen LogP contribution in [0.2, 0.25) is 0 Å². The molecule has 0 spiro atoms. The number of likely N-dealkylation sites (tertiary alicyclic amines) is 1. The van der Waals surface area contributed by atoms with E-state index >= 15 is 0 Å². The summed E-state index contributed by atoms with van der Waals surface area (Å²) in [6, 6.07) is 18.0. The number of pyridine rings is 1. The third-order valence-electron chi connectivity index (χ3n) is 6.81. The highest BCUT2D eigenvalue weighted by Gasteiger charge is 2.26. The summed E-state index contributed by atoms with van der Waals surface area (Å²) in [5.74, 6) is 1.76. The van der Waals surface area contributed by atoms with Gasteiger partial charge in [0.15, 0.2) is 17.3 Å². The summed E-state index contributed by atoms with van der Waals surface area (Å²) in [6.45, 7) is 7.34. The van der Waals surface area contributed by atoms with Gasteiger partial charge in [-0.1, -0.05) is 30.3 Å². The maximum Gasteiger partial charge on any atom is 0.161 e. The zero-order valence-electron chi connectivity index (χ0n) is 20.9. The smallest absolute Gasteiger partial charge is 0.161 e. The highest BCUT2D eigenvalue weighted by Crippen LogP contribution is 2.36. The Balaban J connectivity index is 1.47. The number of rotatable bonds is 7. The minimum atomic E-state index is 0.185. The second kappa shape index (κ2) is 10.9. The molecule has 0 amide bonds. The Hall–Kier alpha value is -3.77. The minimum Gasteiger partial charge on any atom is -0.504 e. The third-order valence-corrected chi connectivity index (χ3v) is 6.81. The Labute approximate surface area is 212 Å². The molecular formula is C30H32N4O2. The molecule has 1 unspecified atom stereocenters. The first-order valence-electron chi connectivity index (χ1n) is 12.6. The second-order valence-corrected chi connectivity index (χ2v) is 9.35. The van der Waals surface area contributed by atoms with Crippen molar-refractivity contribution in [2.24, 2.45) is 0 Å². The quantitative estimate of drug-likeness (QED) is 0.350. The average molecular weight is 481 g/mol. The molecule has 0 saturated carbocycles. The lowest BCUT2D eigenvalue weighted by molar-refractivity contribution is 0.198. The zero-order chi connectivity index (χ0) is 24.9. The fourth-order valence-electron chi connectivity index (χ4n) is 5.04. The number of aryl methyl sites for hydroxylation is 1. The number of hydrogen-bond donors (Lipinski definition) is 1. The van der Waals surface area contributed by atoms with E-state index in [1.807, 2.05) is 37.4 Å². The monoisotopic (exact) mass is 480 g/mol. The van der Waals surface area contributed by atoms with Gasteiger partial charge in [-0.25, -0.2) is 9.97 Å². The van der Waals surface area contributed by atoms with E-state index in [-0.39, 0.29) is 5.75 Å². The van der Waals surface area contributed by atoms with Crippen LogP contribution >= 0.6 is 0 Å². The molecule has 36 heavy (non-hydrogen) atoms. The number of phenols is 1. The summed E-state index contributed by atoms with van der Waals surface area (Å²) in [6.07, 6.45) is 7.74. The molecule has 2 aromatic carbocycles. The molecule has 1 saturated heterocycles. The van der Waals surface area contributed by atoms with Crippen molar-refractivity contribution in [3.8, 4) is 34.0 Å². The predicted octanol–water partition coefficient (Wildman–Crippen LogP) is 6.00. The highest BCUT2D eigenvalue weighted by molar-refractivity contribution is 5.70. The molecule has 0 bridgehead atoms. The number of benzene rings is 2. The van der Waals surface area contributed by atoms with Crippen LogP contribution in [-0.4, -0.2) is 44.7 Å². The molecule has 3 heterocycles. The molecule has 4 aromatic rings. The van der Waals surface area contributed by atoms with Crippen LogP contribution in [0.5, 0.6) is 11.5 Å². The molecule has 0 radical (unpaired) electrons. The van der Waals surface area contributed by atoms with E-state index in [0.717, 1.165) is 60.7 Å². The van der Waals surface area contributed by atoms with Gasteiger partial charge in [0.25, 0.3) is 0 Å². The van der Waals surface area contributed by atoms with Gasteiger partial charge in [0.05, 0.1) is 12.3 Å². The lowest BCUT2D eigenvalue weighted by atomic mass is 9.88. The van der Waals surface area contributed by atoms with E-state index < -0.39 is 0 Å². The topological polar surface area (TPSA) is 71.4 Å². The predicted molar refractivity (Wildman–Crippen MR) is 142 cm³/mol. The standard InChI is InChI=1S/C30H32N4O2/c1-3-36-28-17-22(10-11-27(28)35)19-34-16-6-8-24(20-34)29-26(25-9-5-4-7-21(25)2)18-32-30(33-29)23-12-14-31-15-13-23/h4-5,7,9-15,17-18,24,35H,3,6,8,16,19-20H2,1-2H3. The maximum absolute atomic E-state index is 10.1. The van der Waals surface area contributed by atoms with Crippen LogP contribution in [0.1, 0.15) is 42.5 Å². The Bertz CT molecular complexity index is 1330. The van der Waals surface area contributed by atoms with Gasteiger partial charge in [0.2, 0.25) is 0 Å². The molecule has 1 N–H and O–H groups in total. The van der Waals surface area contributed by atoms with Crippen molar-refractivity contribution in [2.75, 3.05) is 19.7 Å². The first kappa shape index (κ1) is 23.9. The lowest BCUT2D eigenvalue weighted by Gasteiger charge is -2.33. The molecule has 0 aliphatic carbocycles. The number of piperidine rings is 1. The van der Waals surface area contributed by atoms with Crippen molar-refractivity contribution in [1.29, 1.82) is 0 Å². The van der Waals surface area contributed by atoms with Crippen molar-refractivity contribution in [1.82, 2.24) is 19.9 Å². The zero-order valence-corrected chi connectivity index (χ0v) is 20.9. The van der Waals surface area contributed by atoms with Gasteiger partial charge in [0.1, 0.15) is 0 Å². The van der Waals surface area contributed by atoms with Crippen molar-refractivity contribution in [2.45, 2.75) is 39.2 Å². The lowest BCUT2D eigenvalue weighted by Crippen LogP contribution is -2.34. The summed E-state index contributed by atoms with van der Waals surface area (Å²) >= 11 is 0. The molecular weight excluding hydrogens is 448 g/mol. The molecule has 6 nitrogen and oxygen atoms in total. The number of hydrogen-bond acceptors (Lipinski definition) is 6. The van der Waals surface area contributed by atoms with Crippen LogP contribution in [0.3, 0.4) is 0 Å². The number of ether oxygens (including phenoxy) is 1. The molecule has 1 atom stereocenters. The molecule has 2 aromatic heterocycles. The molecule has 1 aliphatic heterocycles. The Morgan fingerprint density at radius 1 is 1.06 bits per heavy atom. The largest absolute Gasteiger partial charge is 0.504 e. The van der Waals surface area contributed by atoms with Gasteiger partial charge in [-0.15, -0.1) is 0 Å². The van der Waals surface area contributed by atoms with Gasteiger partial charge < -0.3 is 9.84 Å². The van der Waals surface area contributed by atoms with E-state index in [4.69, 9.17) is 14.7 Å². The van der Waals surface area contributed by atoms with E-state index in [0.29, 0.717) is 18.3 Å². The van der Waals surface area contributed by atoms with Gasteiger partial charge >= 0.3 is 0 Å².